The first-order chi connectivity index (χ1) is 16.0. The summed E-state index contributed by atoms with van der Waals surface area (Å²) < 4.78 is 5.72. The minimum Gasteiger partial charge on any atom is -0.457 e. The highest BCUT2D eigenvalue weighted by Crippen LogP contribution is 2.43. The van der Waals surface area contributed by atoms with E-state index in [0.717, 1.165) is 48.5 Å². The van der Waals surface area contributed by atoms with Gasteiger partial charge in [-0.15, -0.1) is 0 Å². The van der Waals surface area contributed by atoms with Crippen molar-refractivity contribution in [2.45, 2.75) is 52.6 Å². The van der Waals surface area contributed by atoms with Crippen molar-refractivity contribution in [1.29, 1.82) is 0 Å². The quantitative estimate of drug-likeness (QED) is 0.532. The average molecular weight is 445 g/mol. The SMILES string of the molecule is CCN(CC)c1ccc([C@H]2C(C(=O)OCc3ccccc3)=C(C)N=C3CCCC(=O)C32)cc1. The maximum Gasteiger partial charge on any atom is 0.336 e. The number of fused-ring (bicyclic) bond motifs is 1. The first-order valence-electron chi connectivity index (χ1n) is 11.9. The second-order valence-electron chi connectivity index (χ2n) is 8.70. The van der Waals surface area contributed by atoms with Gasteiger partial charge in [0, 0.05) is 42.5 Å². The molecule has 2 atom stereocenters. The van der Waals surface area contributed by atoms with E-state index in [-0.39, 0.29) is 24.2 Å². The molecule has 1 heterocycles. The lowest BCUT2D eigenvalue weighted by Crippen LogP contribution is -2.39. The van der Waals surface area contributed by atoms with Crippen molar-refractivity contribution in [1.82, 2.24) is 0 Å². The van der Waals surface area contributed by atoms with E-state index in [1.165, 1.54) is 0 Å². The molecule has 2 aromatic carbocycles. The molecule has 5 nitrogen and oxygen atoms in total. The minimum absolute atomic E-state index is 0.165. The molecule has 2 aliphatic rings. The topological polar surface area (TPSA) is 59.0 Å². The van der Waals surface area contributed by atoms with Crippen LogP contribution in [0.3, 0.4) is 0 Å². The second kappa shape index (κ2) is 10.2. The summed E-state index contributed by atoms with van der Waals surface area (Å²) in [6.45, 7) is 8.17. The van der Waals surface area contributed by atoms with Gasteiger partial charge in [0.15, 0.2) is 0 Å². The Labute approximate surface area is 196 Å². The molecule has 1 fully saturated rings. The van der Waals surface area contributed by atoms with Crippen LogP contribution in [0.15, 0.2) is 70.9 Å². The van der Waals surface area contributed by atoms with Gasteiger partial charge in [0.1, 0.15) is 12.4 Å². The fourth-order valence-corrected chi connectivity index (χ4v) is 5.03. The fraction of sp³-hybridized carbons (Fsp3) is 0.393. The summed E-state index contributed by atoms with van der Waals surface area (Å²) in [5.41, 5.74) is 5.10. The molecule has 1 saturated carbocycles. The molecule has 0 N–H and O–H groups in total. The summed E-state index contributed by atoms with van der Waals surface area (Å²) in [5.74, 6) is -0.977. The Morgan fingerprint density at radius 1 is 1.00 bits per heavy atom. The maximum atomic E-state index is 13.3. The number of allylic oxidation sites excluding steroid dienone is 1. The largest absolute Gasteiger partial charge is 0.457 e. The van der Waals surface area contributed by atoms with Gasteiger partial charge in [-0.2, -0.15) is 0 Å². The third kappa shape index (κ3) is 4.77. The molecule has 0 spiro atoms. The van der Waals surface area contributed by atoms with Crippen LogP contribution in [-0.2, 0) is 20.9 Å². The Hall–Kier alpha value is -3.21. The zero-order valence-corrected chi connectivity index (χ0v) is 19.7. The highest BCUT2D eigenvalue weighted by atomic mass is 16.5. The van der Waals surface area contributed by atoms with E-state index in [1.54, 1.807) is 0 Å². The molecule has 172 valence electrons. The van der Waals surface area contributed by atoms with E-state index in [1.807, 2.05) is 37.3 Å². The summed E-state index contributed by atoms with van der Waals surface area (Å²) in [6.07, 6.45) is 2.15. The third-order valence-electron chi connectivity index (χ3n) is 6.72. The van der Waals surface area contributed by atoms with E-state index < -0.39 is 5.97 Å². The first-order valence-corrected chi connectivity index (χ1v) is 11.9. The van der Waals surface area contributed by atoms with Crippen molar-refractivity contribution in [3.8, 4) is 0 Å². The fourth-order valence-electron chi connectivity index (χ4n) is 5.03. The van der Waals surface area contributed by atoms with Crippen molar-refractivity contribution in [2.24, 2.45) is 10.9 Å². The van der Waals surface area contributed by atoms with Crippen molar-refractivity contribution >= 4 is 23.2 Å². The first kappa shape index (κ1) is 23.0. The van der Waals surface area contributed by atoms with Crippen LogP contribution in [0.4, 0.5) is 5.69 Å². The lowest BCUT2D eigenvalue weighted by atomic mass is 9.69. The van der Waals surface area contributed by atoms with Crippen molar-refractivity contribution in [2.75, 3.05) is 18.0 Å². The number of esters is 1. The summed E-state index contributed by atoms with van der Waals surface area (Å²) in [7, 11) is 0. The van der Waals surface area contributed by atoms with Gasteiger partial charge in [-0.25, -0.2) is 4.79 Å². The summed E-state index contributed by atoms with van der Waals surface area (Å²) in [4.78, 5) is 33.4. The number of benzene rings is 2. The molecule has 0 aromatic heterocycles. The number of Topliss-reactive ketones (excluding diaryl/α,β-unsaturated/α-hetero) is 1. The molecule has 0 amide bonds. The molecule has 0 bridgehead atoms. The normalized spacial score (nSPS) is 20.2. The number of ether oxygens (including phenoxy) is 1. The molecule has 5 heteroatoms. The van der Waals surface area contributed by atoms with Crippen LogP contribution < -0.4 is 4.90 Å². The van der Waals surface area contributed by atoms with Crippen LogP contribution in [0.2, 0.25) is 0 Å². The van der Waals surface area contributed by atoms with Gasteiger partial charge in [-0.05, 0) is 56.9 Å². The molecule has 1 unspecified atom stereocenters. The van der Waals surface area contributed by atoms with Crippen molar-refractivity contribution in [3.05, 3.63) is 77.0 Å². The van der Waals surface area contributed by atoms with Gasteiger partial charge in [-0.3, -0.25) is 9.79 Å². The number of carbonyl (C=O) groups excluding carboxylic acids is 2. The monoisotopic (exact) mass is 444 g/mol. The Morgan fingerprint density at radius 3 is 2.36 bits per heavy atom. The van der Waals surface area contributed by atoms with Crippen LogP contribution in [0.5, 0.6) is 0 Å². The molecule has 4 rings (SSSR count). The highest BCUT2D eigenvalue weighted by Gasteiger charge is 2.43. The predicted octanol–water partition coefficient (Wildman–Crippen LogP) is 5.46. The van der Waals surface area contributed by atoms with E-state index >= 15 is 0 Å². The van der Waals surface area contributed by atoms with Crippen molar-refractivity contribution in [3.63, 3.8) is 0 Å². The number of hydrogen-bond donors (Lipinski definition) is 0. The molecule has 33 heavy (non-hydrogen) atoms. The standard InChI is InChI=1S/C28H32N2O3/c1-4-30(5-2)22-16-14-21(15-17-22)26-25(28(32)33-18-20-10-7-6-8-11-20)19(3)29-23-12-9-13-24(31)27(23)26/h6-8,10-11,14-17,26-27H,4-5,9,12-13,18H2,1-3H3/t26-,27?/m0/s1. The van der Waals surface area contributed by atoms with Gasteiger partial charge in [0.2, 0.25) is 0 Å². The third-order valence-corrected chi connectivity index (χ3v) is 6.72. The second-order valence-corrected chi connectivity index (χ2v) is 8.70. The smallest absolute Gasteiger partial charge is 0.336 e. The summed E-state index contributed by atoms with van der Waals surface area (Å²) in [6, 6.07) is 17.9. The molecule has 1 aliphatic heterocycles. The van der Waals surface area contributed by atoms with Gasteiger partial charge in [0.25, 0.3) is 0 Å². The average Bonchev–Trinajstić information content (AvgIpc) is 2.84. The van der Waals surface area contributed by atoms with Gasteiger partial charge in [0.05, 0.1) is 11.5 Å². The lowest BCUT2D eigenvalue weighted by Gasteiger charge is -2.35. The molecule has 1 aliphatic carbocycles. The van der Waals surface area contributed by atoms with Gasteiger partial charge < -0.3 is 9.64 Å². The highest BCUT2D eigenvalue weighted by molar-refractivity contribution is 6.11. The number of ketones is 1. The summed E-state index contributed by atoms with van der Waals surface area (Å²) in [5, 5.41) is 0. The van der Waals surface area contributed by atoms with Crippen molar-refractivity contribution < 1.29 is 14.3 Å². The van der Waals surface area contributed by atoms with E-state index in [4.69, 9.17) is 9.73 Å². The number of anilines is 1. The van der Waals surface area contributed by atoms with E-state index in [2.05, 4.69) is 43.0 Å². The van der Waals surface area contributed by atoms with Gasteiger partial charge >= 0.3 is 5.97 Å². The molecule has 0 radical (unpaired) electrons. The lowest BCUT2D eigenvalue weighted by molar-refractivity contribution is -0.140. The molecule has 2 aromatic rings. The molecule has 0 saturated heterocycles. The number of nitrogens with zero attached hydrogens (tertiary/aromatic N) is 2. The van der Waals surface area contributed by atoms with Crippen LogP contribution in [0.25, 0.3) is 0 Å². The van der Waals surface area contributed by atoms with Crippen LogP contribution in [0.1, 0.15) is 57.1 Å². The molecular formula is C28H32N2O3. The number of rotatable bonds is 7. The predicted molar refractivity (Wildman–Crippen MR) is 131 cm³/mol. The zero-order chi connectivity index (χ0) is 23.4. The van der Waals surface area contributed by atoms with Crippen LogP contribution in [-0.4, -0.2) is 30.6 Å². The molecular weight excluding hydrogens is 412 g/mol. The minimum atomic E-state index is -0.393. The van der Waals surface area contributed by atoms with E-state index in [0.29, 0.717) is 17.7 Å². The summed E-state index contributed by atoms with van der Waals surface area (Å²) >= 11 is 0. The number of hydrogen-bond acceptors (Lipinski definition) is 5. The Balaban J connectivity index is 1.69. The number of carbonyl (C=O) groups is 2. The van der Waals surface area contributed by atoms with Crippen LogP contribution >= 0.6 is 0 Å². The maximum absolute atomic E-state index is 13.3. The Morgan fingerprint density at radius 2 is 1.70 bits per heavy atom. The van der Waals surface area contributed by atoms with Gasteiger partial charge in [-0.1, -0.05) is 42.5 Å². The Bertz CT molecular complexity index is 1070. The number of aliphatic imine (C=N–C) groups is 1. The van der Waals surface area contributed by atoms with E-state index in [9.17, 15) is 9.59 Å². The zero-order valence-electron chi connectivity index (χ0n) is 19.7. The Kier molecular flexibility index (Phi) is 7.07. The van der Waals surface area contributed by atoms with Crippen LogP contribution in [0, 0.1) is 5.92 Å².